The number of aromatic nitrogens is 1. The summed E-state index contributed by atoms with van der Waals surface area (Å²) in [7, 11) is 0. The van der Waals surface area contributed by atoms with Crippen LogP contribution in [0.1, 0.15) is 11.3 Å². The molecule has 1 aromatic carbocycles. The Bertz CT molecular complexity index is 514. The van der Waals surface area contributed by atoms with Gasteiger partial charge in [0, 0.05) is 28.7 Å². The van der Waals surface area contributed by atoms with Crippen molar-refractivity contribution in [2.45, 2.75) is 13.8 Å². The number of fused-ring (bicyclic) bond motifs is 1. The summed E-state index contributed by atoms with van der Waals surface area (Å²) in [5.41, 5.74) is 3.22. The average Bonchev–Trinajstić information content (AvgIpc) is 2.43. The van der Waals surface area contributed by atoms with Gasteiger partial charge >= 0.3 is 0 Å². The van der Waals surface area contributed by atoms with Gasteiger partial charge in [0.2, 0.25) is 0 Å². The van der Waals surface area contributed by atoms with E-state index < -0.39 is 0 Å². The minimum absolute atomic E-state index is 0.139. The Balaban J connectivity index is 2.76. The number of H-pyrrole nitrogens is 1. The van der Waals surface area contributed by atoms with Gasteiger partial charge in [-0.25, -0.2) is 0 Å². The summed E-state index contributed by atoms with van der Waals surface area (Å²) in [5, 5.41) is 11.5. The van der Waals surface area contributed by atoms with E-state index in [1.807, 2.05) is 13.8 Å². The second kappa shape index (κ2) is 2.83. The quantitative estimate of drug-likeness (QED) is 0.555. The van der Waals surface area contributed by atoms with Crippen molar-refractivity contribution < 1.29 is 4.92 Å². The van der Waals surface area contributed by atoms with E-state index in [0.717, 1.165) is 22.2 Å². The van der Waals surface area contributed by atoms with Crippen molar-refractivity contribution in [3.63, 3.8) is 0 Å². The van der Waals surface area contributed by atoms with Crippen LogP contribution >= 0.6 is 0 Å². The molecule has 0 saturated heterocycles. The van der Waals surface area contributed by atoms with Crippen molar-refractivity contribution in [2.75, 3.05) is 0 Å². The Morgan fingerprint density at radius 1 is 1.36 bits per heavy atom. The Hall–Kier alpha value is -1.84. The lowest BCUT2D eigenvalue weighted by molar-refractivity contribution is -0.384. The summed E-state index contributed by atoms with van der Waals surface area (Å²) in [4.78, 5) is 13.4. The van der Waals surface area contributed by atoms with E-state index in [1.54, 1.807) is 12.1 Å². The van der Waals surface area contributed by atoms with Crippen molar-refractivity contribution in [3.8, 4) is 0 Å². The van der Waals surface area contributed by atoms with Crippen molar-refractivity contribution in [1.29, 1.82) is 0 Å². The van der Waals surface area contributed by atoms with Crippen LogP contribution in [0.3, 0.4) is 0 Å². The number of nitro benzene ring substituents is 1. The van der Waals surface area contributed by atoms with Crippen molar-refractivity contribution >= 4 is 16.6 Å². The van der Waals surface area contributed by atoms with Gasteiger partial charge in [0.1, 0.15) is 0 Å². The molecule has 1 heterocycles. The molecule has 0 aliphatic heterocycles. The molecular formula is C10H10N2O2. The zero-order valence-electron chi connectivity index (χ0n) is 8.00. The standard InChI is InChI=1S/C10H10N2O2/c1-6-7(2)11-10-4-3-8(12(13)14)5-9(6)10/h3-5,11H,1-2H3. The first-order valence-electron chi connectivity index (χ1n) is 4.33. The number of benzene rings is 1. The van der Waals surface area contributed by atoms with Crippen LogP contribution in [0.15, 0.2) is 18.2 Å². The second-order valence-electron chi connectivity index (χ2n) is 3.36. The Morgan fingerprint density at radius 2 is 2.07 bits per heavy atom. The number of aromatic amines is 1. The van der Waals surface area contributed by atoms with Crippen LogP contribution in [0, 0.1) is 24.0 Å². The van der Waals surface area contributed by atoms with Gasteiger partial charge in [0.05, 0.1) is 4.92 Å². The Morgan fingerprint density at radius 3 is 2.71 bits per heavy atom. The molecule has 0 amide bonds. The smallest absolute Gasteiger partial charge is 0.270 e. The molecule has 0 unspecified atom stereocenters. The summed E-state index contributed by atoms with van der Waals surface area (Å²) in [6.45, 7) is 3.92. The molecule has 2 rings (SSSR count). The first-order chi connectivity index (χ1) is 6.59. The molecule has 0 aliphatic carbocycles. The lowest BCUT2D eigenvalue weighted by atomic mass is 10.1. The van der Waals surface area contributed by atoms with Crippen molar-refractivity contribution in [1.82, 2.24) is 4.98 Å². The van der Waals surface area contributed by atoms with E-state index in [0.29, 0.717) is 0 Å². The van der Waals surface area contributed by atoms with Crippen molar-refractivity contribution in [2.24, 2.45) is 0 Å². The lowest BCUT2D eigenvalue weighted by Crippen LogP contribution is -1.86. The lowest BCUT2D eigenvalue weighted by Gasteiger charge is -1.92. The normalized spacial score (nSPS) is 10.7. The molecule has 0 spiro atoms. The molecule has 2 aromatic rings. The second-order valence-corrected chi connectivity index (χ2v) is 3.36. The minimum Gasteiger partial charge on any atom is -0.358 e. The maximum Gasteiger partial charge on any atom is 0.270 e. The zero-order valence-corrected chi connectivity index (χ0v) is 8.00. The van der Waals surface area contributed by atoms with E-state index in [2.05, 4.69) is 4.98 Å². The third kappa shape index (κ3) is 1.16. The van der Waals surface area contributed by atoms with E-state index in [1.165, 1.54) is 6.07 Å². The van der Waals surface area contributed by atoms with E-state index >= 15 is 0 Å². The number of nitro groups is 1. The highest BCUT2D eigenvalue weighted by Crippen LogP contribution is 2.25. The number of non-ortho nitro benzene ring substituents is 1. The molecule has 0 bridgehead atoms. The van der Waals surface area contributed by atoms with Crippen LogP contribution in [0.25, 0.3) is 10.9 Å². The third-order valence-corrected chi connectivity index (χ3v) is 2.50. The zero-order chi connectivity index (χ0) is 10.3. The third-order valence-electron chi connectivity index (χ3n) is 2.50. The summed E-state index contributed by atoms with van der Waals surface area (Å²) < 4.78 is 0. The summed E-state index contributed by atoms with van der Waals surface area (Å²) in [5.74, 6) is 0. The van der Waals surface area contributed by atoms with Gasteiger partial charge in [-0.05, 0) is 25.5 Å². The molecule has 4 heteroatoms. The molecule has 0 aliphatic rings. The number of nitrogens with one attached hydrogen (secondary N) is 1. The van der Waals surface area contributed by atoms with Gasteiger partial charge in [-0.15, -0.1) is 0 Å². The predicted octanol–water partition coefficient (Wildman–Crippen LogP) is 2.69. The first-order valence-corrected chi connectivity index (χ1v) is 4.33. The molecule has 1 aromatic heterocycles. The number of rotatable bonds is 1. The van der Waals surface area contributed by atoms with Crippen LogP contribution < -0.4 is 0 Å². The van der Waals surface area contributed by atoms with Crippen LogP contribution in [-0.2, 0) is 0 Å². The Kier molecular flexibility index (Phi) is 1.77. The van der Waals surface area contributed by atoms with Crippen LogP contribution in [0.5, 0.6) is 0 Å². The van der Waals surface area contributed by atoms with Crippen molar-refractivity contribution in [3.05, 3.63) is 39.6 Å². The topological polar surface area (TPSA) is 58.9 Å². The maximum atomic E-state index is 10.6. The van der Waals surface area contributed by atoms with Gasteiger partial charge in [0.25, 0.3) is 5.69 Å². The molecular weight excluding hydrogens is 180 g/mol. The van der Waals surface area contributed by atoms with Crippen LogP contribution in [-0.4, -0.2) is 9.91 Å². The molecule has 0 atom stereocenters. The maximum absolute atomic E-state index is 10.6. The fourth-order valence-electron chi connectivity index (χ4n) is 1.56. The van der Waals surface area contributed by atoms with Gasteiger partial charge in [-0.2, -0.15) is 0 Å². The highest BCUT2D eigenvalue weighted by Gasteiger charge is 2.09. The first kappa shape index (κ1) is 8.74. The van der Waals surface area contributed by atoms with Crippen LogP contribution in [0.4, 0.5) is 5.69 Å². The van der Waals surface area contributed by atoms with Gasteiger partial charge in [0.15, 0.2) is 0 Å². The molecule has 0 saturated carbocycles. The Labute approximate surface area is 80.7 Å². The SMILES string of the molecule is Cc1[nH]c2ccc([N+](=O)[O-])cc2c1C. The number of hydrogen-bond acceptors (Lipinski definition) is 2. The number of hydrogen-bond donors (Lipinski definition) is 1. The van der Waals surface area contributed by atoms with Gasteiger partial charge in [-0.1, -0.05) is 0 Å². The molecule has 0 fully saturated rings. The number of aryl methyl sites for hydroxylation is 2. The largest absolute Gasteiger partial charge is 0.358 e. The average molecular weight is 190 g/mol. The minimum atomic E-state index is -0.374. The predicted molar refractivity (Wildman–Crippen MR) is 54.4 cm³/mol. The molecule has 4 nitrogen and oxygen atoms in total. The van der Waals surface area contributed by atoms with Gasteiger partial charge in [-0.3, -0.25) is 10.1 Å². The molecule has 1 N–H and O–H groups in total. The van der Waals surface area contributed by atoms with E-state index in [9.17, 15) is 10.1 Å². The molecule has 14 heavy (non-hydrogen) atoms. The van der Waals surface area contributed by atoms with E-state index in [4.69, 9.17) is 0 Å². The number of nitrogens with zero attached hydrogens (tertiary/aromatic N) is 1. The summed E-state index contributed by atoms with van der Waals surface area (Å²) in [6.07, 6.45) is 0. The summed E-state index contributed by atoms with van der Waals surface area (Å²) in [6, 6.07) is 4.86. The monoisotopic (exact) mass is 190 g/mol. The summed E-state index contributed by atoms with van der Waals surface area (Å²) >= 11 is 0. The molecule has 72 valence electrons. The highest BCUT2D eigenvalue weighted by molar-refractivity contribution is 5.86. The van der Waals surface area contributed by atoms with Gasteiger partial charge < -0.3 is 4.98 Å². The molecule has 0 radical (unpaired) electrons. The van der Waals surface area contributed by atoms with Crippen LogP contribution in [0.2, 0.25) is 0 Å². The highest BCUT2D eigenvalue weighted by atomic mass is 16.6. The fraction of sp³-hybridized carbons (Fsp3) is 0.200. The van der Waals surface area contributed by atoms with E-state index in [-0.39, 0.29) is 10.6 Å². The fourth-order valence-corrected chi connectivity index (χ4v) is 1.56.